The van der Waals surface area contributed by atoms with Crippen molar-refractivity contribution in [2.75, 3.05) is 0 Å². The summed E-state index contributed by atoms with van der Waals surface area (Å²) in [5.41, 5.74) is 5.12. The second-order valence-corrected chi connectivity index (χ2v) is 6.75. The molecule has 2 nitrogen and oxygen atoms in total. The van der Waals surface area contributed by atoms with Crippen LogP contribution < -0.4 is 0 Å². The van der Waals surface area contributed by atoms with E-state index < -0.39 is 0 Å². The lowest BCUT2D eigenvalue weighted by atomic mass is 9.99. The van der Waals surface area contributed by atoms with E-state index in [1.807, 2.05) is 24.3 Å². The highest BCUT2D eigenvalue weighted by Gasteiger charge is 2.34. The van der Waals surface area contributed by atoms with Gasteiger partial charge < -0.3 is 4.74 Å². The standard InChI is InChI=1S/C17H14O2S/c1-9-13-7-14-16(18)11-5-3-4-6-12(11)17(14)19-8-15(13)10(2)20-9/h3-6H,7-8H2,1-2H3. The molecule has 1 aliphatic carbocycles. The van der Waals surface area contributed by atoms with E-state index in [0.29, 0.717) is 13.0 Å². The number of benzene rings is 1. The molecule has 4 rings (SSSR count). The van der Waals surface area contributed by atoms with Gasteiger partial charge in [-0.3, -0.25) is 4.79 Å². The maximum absolute atomic E-state index is 12.6. The molecule has 3 heteroatoms. The number of carbonyl (C=O) groups is 1. The number of Topliss-reactive ketones (excluding diaryl/α,β-unsaturated/α-hetero) is 1. The number of carbonyl (C=O) groups excluding carboxylic acids is 1. The summed E-state index contributed by atoms with van der Waals surface area (Å²) in [6.45, 7) is 4.84. The molecule has 1 aromatic heterocycles. The van der Waals surface area contributed by atoms with Crippen LogP contribution in [0.4, 0.5) is 0 Å². The summed E-state index contributed by atoms with van der Waals surface area (Å²) in [5.74, 6) is 0.928. The number of ether oxygens (including phenoxy) is 1. The van der Waals surface area contributed by atoms with Crippen LogP contribution >= 0.6 is 11.3 Å². The highest BCUT2D eigenvalue weighted by Crippen LogP contribution is 2.41. The van der Waals surface area contributed by atoms with Gasteiger partial charge in [0.2, 0.25) is 0 Å². The molecule has 0 amide bonds. The lowest BCUT2D eigenvalue weighted by molar-refractivity contribution is 0.103. The van der Waals surface area contributed by atoms with Crippen molar-refractivity contribution in [1.82, 2.24) is 0 Å². The molecule has 1 aliphatic heterocycles. The van der Waals surface area contributed by atoms with E-state index in [1.165, 1.54) is 20.9 Å². The normalized spacial score (nSPS) is 16.4. The fourth-order valence-electron chi connectivity index (χ4n) is 3.15. The zero-order chi connectivity index (χ0) is 13.9. The van der Waals surface area contributed by atoms with Crippen LogP contribution in [-0.4, -0.2) is 5.78 Å². The van der Waals surface area contributed by atoms with Gasteiger partial charge in [0.25, 0.3) is 0 Å². The Morgan fingerprint density at radius 2 is 1.75 bits per heavy atom. The Kier molecular flexibility index (Phi) is 2.42. The Hall–Kier alpha value is -1.87. The molecule has 0 bridgehead atoms. The van der Waals surface area contributed by atoms with Crippen molar-refractivity contribution in [3.05, 3.63) is 61.8 Å². The average Bonchev–Trinajstić information content (AvgIpc) is 2.78. The van der Waals surface area contributed by atoms with E-state index in [9.17, 15) is 4.79 Å². The highest BCUT2D eigenvalue weighted by molar-refractivity contribution is 7.12. The van der Waals surface area contributed by atoms with Gasteiger partial charge in [0.05, 0.1) is 0 Å². The third-order valence-corrected chi connectivity index (χ3v) is 5.30. The van der Waals surface area contributed by atoms with Crippen molar-refractivity contribution in [1.29, 1.82) is 0 Å². The van der Waals surface area contributed by atoms with Gasteiger partial charge >= 0.3 is 0 Å². The van der Waals surface area contributed by atoms with Crippen LogP contribution in [0.2, 0.25) is 0 Å². The minimum atomic E-state index is 0.131. The maximum atomic E-state index is 12.6. The Bertz CT molecular complexity index is 780. The molecule has 100 valence electrons. The highest BCUT2D eigenvalue weighted by atomic mass is 32.1. The quantitative estimate of drug-likeness (QED) is 0.729. The minimum absolute atomic E-state index is 0.131. The van der Waals surface area contributed by atoms with Gasteiger partial charge in [-0.15, -0.1) is 11.3 Å². The molecule has 0 radical (unpaired) electrons. The molecule has 0 fully saturated rings. The van der Waals surface area contributed by atoms with Crippen LogP contribution in [0.25, 0.3) is 5.76 Å². The first-order valence-corrected chi connectivity index (χ1v) is 7.56. The van der Waals surface area contributed by atoms with Crippen molar-refractivity contribution in [2.24, 2.45) is 0 Å². The summed E-state index contributed by atoms with van der Waals surface area (Å²) in [5, 5.41) is 0. The third kappa shape index (κ3) is 1.47. The fourth-order valence-corrected chi connectivity index (χ4v) is 4.23. The summed E-state index contributed by atoms with van der Waals surface area (Å²) >= 11 is 1.80. The van der Waals surface area contributed by atoms with Crippen molar-refractivity contribution in [3.8, 4) is 0 Å². The second kappa shape index (κ2) is 4.06. The SMILES string of the molecule is Cc1sc(C)c2c1COC1=C(C2)C(=O)c2ccccc21. The van der Waals surface area contributed by atoms with Gasteiger partial charge in [0.1, 0.15) is 12.4 Å². The fraction of sp³-hybridized carbons (Fsp3) is 0.235. The Labute approximate surface area is 121 Å². The first-order chi connectivity index (χ1) is 9.66. The minimum Gasteiger partial charge on any atom is -0.488 e. The third-order valence-electron chi connectivity index (χ3n) is 4.20. The van der Waals surface area contributed by atoms with Gasteiger partial charge in [-0.25, -0.2) is 0 Å². The van der Waals surface area contributed by atoms with E-state index in [4.69, 9.17) is 4.74 Å². The zero-order valence-corrected chi connectivity index (χ0v) is 12.3. The Morgan fingerprint density at radius 1 is 1.05 bits per heavy atom. The zero-order valence-electron chi connectivity index (χ0n) is 11.4. The average molecular weight is 282 g/mol. The topological polar surface area (TPSA) is 26.3 Å². The molecule has 0 saturated heterocycles. The van der Waals surface area contributed by atoms with Crippen molar-refractivity contribution in [2.45, 2.75) is 26.9 Å². The molecule has 0 atom stereocenters. The monoisotopic (exact) mass is 282 g/mol. The second-order valence-electron chi connectivity index (χ2n) is 5.32. The van der Waals surface area contributed by atoms with Crippen LogP contribution in [0.15, 0.2) is 29.8 Å². The molecule has 0 N–H and O–H groups in total. The van der Waals surface area contributed by atoms with Gasteiger partial charge in [-0.2, -0.15) is 0 Å². The summed E-state index contributed by atoms with van der Waals surface area (Å²) in [4.78, 5) is 15.2. The van der Waals surface area contributed by atoms with Crippen molar-refractivity contribution >= 4 is 22.9 Å². The molecule has 0 spiro atoms. The Morgan fingerprint density at radius 3 is 2.55 bits per heavy atom. The molecule has 2 aliphatic rings. The van der Waals surface area contributed by atoms with Crippen LogP contribution in [-0.2, 0) is 17.8 Å². The summed E-state index contributed by atoms with van der Waals surface area (Å²) < 4.78 is 6.01. The predicted octanol–water partition coefficient (Wildman–Crippen LogP) is 4.05. The predicted molar refractivity (Wildman–Crippen MR) is 80.0 cm³/mol. The molecule has 0 unspecified atom stereocenters. The van der Waals surface area contributed by atoms with Gasteiger partial charge in [-0.1, -0.05) is 24.3 Å². The Balaban J connectivity index is 1.88. The lowest BCUT2D eigenvalue weighted by Crippen LogP contribution is -2.02. The maximum Gasteiger partial charge on any atom is 0.193 e. The number of ketones is 1. The van der Waals surface area contributed by atoms with Crippen molar-refractivity contribution in [3.63, 3.8) is 0 Å². The number of hydrogen-bond acceptors (Lipinski definition) is 3. The van der Waals surface area contributed by atoms with Gasteiger partial charge in [0.15, 0.2) is 5.78 Å². The van der Waals surface area contributed by atoms with Gasteiger partial charge in [0, 0.05) is 38.4 Å². The molecule has 2 heterocycles. The van der Waals surface area contributed by atoms with Crippen LogP contribution in [0.3, 0.4) is 0 Å². The van der Waals surface area contributed by atoms with Crippen molar-refractivity contribution < 1.29 is 9.53 Å². The number of aryl methyl sites for hydroxylation is 2. The molecule has 0 saturated carbocycles. The number of rotatable bonds is 0. The van der Waals surface area contributed by atoms with Crippen LogP contribution in [0, 0.1) is 13.8 Å². The molecule has 20 heavy (non-hydrogen) atoms. The van der Waals surface area contributed by atoms with E-state index >= 15 is 0 Å². The van der Waals surface area contributed by atoms with Crippen LogP contribution in [0.5, 0.6) is 0 Å². The molecular weight excluding hydrogens is 268 g/mol. The first kappa shape index (κ1) is 11.9. The lowest BCUT2D eigenvalue weighted by Gasteiger charge is -2.07. The number of thiophene rings is 1. The smallest absolute Gasteiger partial charge is 0.193 e. The van der Waals surface area contributed by atoms with E-state index in [2.05, 4.69) is 13.8 Å². The number of hydrogen-bond donors (Lipinski definition) is 0. The summed E-state index contributed by atoms with van der Waals surface area (Å²) in [6.07, 6.45) is 0.703. The summed E-state index contributed by atoms with van der Waals surface area (Å²) in [6, 6.07) is 7.74. The first-order valence-electron chi connectivity index (χ1n) is 6.74. The largest absolute Gasteiger partial charge is 0.488 e. The van der Waals surface area contributed by atoms with Gasteiger partial charge in [-0.05, 0) is 19.4 Å². The molecule has 2 aromatic rings. The van der Waals surface area contributed by atoms with Crippen LogP contribution in [0.1, 0.15) is 36.8 Å². The summed E-state index contributed by atoms with van der Waals surface area (Å²) in [7, 11) is 0. The number of allylic oxidation sites excluding steroid dienone is 1. The van der Waals surface area contributed by atoms with E-state index in [0.717, 1.165) is 22.5 Å². The number of fused-ring (bicyclic) bond motifs is 3. The van der Waals surface area contributed by atoms with E-state index in [-0.39, 0.29) is 5.78 Å². The molecular formula is C17H14O2S. The molecule has 1 aromatic carbocycles. The van der Waals surface area contributed by atoms with E-state index in [1.54, 1.807) is 11.3 Å².